The molecule has 3 fully saturated rings. The van der Waals surface area contributed by atoms with Crippen LogP contribution in [0.4, 0.5) is 0 Å². The second-order valence-electron chi connectivity index (χ2n) is 6.93. The number of hydrogen-bond donors (Lipinski definition) is 1. The molecule has 2 heterocycles. The summed E-state index contributed by atoms with van der Waals surface area (Å²) >= 11 is 0. The van der Waals surface area contributed by atoms with E-state index in [1.807, 2.05) is 0 Å². The Morgan fingerprint density at radius 1 is 1.10 bits per heavy atom. The normalized spacial score (nSPS) is 37.8. The number of sulfone groups is 1. The van der Waals surface area contributed by atoms with E-state index < -0.39 is 9.84 Å². The Labute approximate surface area is 128 Å². The van der Waals surface area contributed by atoms with Crippen LogP contribution in [0.25, 0.3) is 0 Å². The molecule has 0 amide bonds. The summed E-state index contributed by atoms with van der Waals surface area (Å²) in [5.41, 5.74) is 0. The number of likely N-dealkylation sites (tertiary alicyclic amines) is 1. The van der Waals surface area contributed by atoms with E-state index in [1.54, 1.807) is 0 Å². The molecular formula is C15H28N2O3S. The predicted octanol–water partition coefficient (Wildman–Crippen LogP) is 0.795. The molecule has 3 rings (SSSR count). The average molecular weight is 316 g/mol. The summed E-state index contributed by atoms with van der Waals surface area (Å²) in [6.45, 7) is 3.97. The van der Waals surface area contributed by atoms with Crippen LogP contribution in [0.15, 0.2) is 0 Å². The monoisotopic (exact) mass is 316 g/mol. The second-order valence-corrected chi connectivity index (χ2v) is 9.19. The molecule has 1 aliphatic carbocycles. The Bertz CT molecular complexity index is 442. The van der Waals surface area contributed by atoms with Gasteiger partial charge >= 0.3 is 0 Å². The first-order valence-corrected chi connectivity index (χ1v) is 10.3. The highest BCUT2D eigenvalue weighted by molar-refractivity contribution is 7.91. The Kier molecular flexibility index (Phi) is 4.88. The lowest BCUT2D eigenvalue weighted by Gasteiger charge is -2.34. The van der Waals surface area contributed by atoms with Crippen molar-refractivity contribution < 1.29 is 13.2 Å². The van der Waals surface area contributed by atoms with E-state index in [4.69, 9.17) is 4.74 Å². The molecule has 2 bridgehead atoms. The van der Waals surface area contributed by atoms with E-state index in [2.05, 4.69) is 10.2 Å². The van der Waals surface area contributed by atoms with Gasteiger partial charge in [0.05, 0.1) is 17.5 Å². The Balaban J connectivity index is 1.45. The third-order valence-electron chi connectivity index (χ3n) is 5.21. The second kappa shape index (κ2) is 6.52. The van der Waals surface area contributed by atoms with Crippen LogP contribution < -0.4 is 5.32 Å². The van der Waals surface area contributed by atoms with Gasteiger partial charge in [-0.2, -0.15) is 0 Å². The zero-order chi connectivity index (χ0) is 14.9. The number of fused-ring (bicyclic) bond motifs is 2. The maximum Gasteiger partial charge on any atom is 0.151 e. The van der Waals surface area contributed by atoms with Gasteiger partial charge in [-0.15, -0.1) is 0 Å². The first kappa shape index (κ1) is 15.7. The Morgan fingerprint density at radius 3 is 2.43 bits per heavy atom. The lowest BCUT2D eigenvalue weighted by atomic mass is 9.95. The van der Waals surface area contributed by atoms with Gasteiger partial charge in [0.1, 0.15) is 0 Å². The van der Waals surface area contributed by atoms with E-state index in [0.717, 1.165) is 51.9 Å². The van der Waals surface area contributed by atoms with Crippen LogP contribution in [0.2, 0.25) is 0 Å². The molecule has 2 saturated heterocycles. The van der Waals surface area contributed by atoms with Crippen LogP contribution in [-0.4, -0.2) is 69.3 Å². The average Bonchev–Trinajstić information content (AvgIpc) is 2.77. The van der Waals surface area contributed by atoms with Gasteiger partial charge in [-0.3, -0.25) is 4.90 Å². The number of nitrogens with zero attached hydrogens (tertiary/aromatic N) is 1. The van der Waals surface area contributed by atoms with Crippen molar-refractivity contribution in [1.29, 1.82) is 0 Å². The van der Waals surface area contributed by atoms with Crippen molar-refractivity contribution in [3.63, 3.8) is 0 Å². The minimum absolute atomic E-state index is 0.145. The maximum absolute atomic E-state index is 11.9. The molecular weight excluding hydrogens is 288 g/mol. The van der Waals surface area contributed by atoms with Crippen molar-refractivity contribution >= 4 is 9.84 Å². The molecule has 21 heavy (non-hydrogen) atoms. The molecule has 4 unspecified atom stereocenters. The topological polar surface area (TPSA) is 58.6 Å². The van der Waals surface area contributed by atoms with Crippen molar-refractivity contribution in [2.75, 3.05) is 32.4 Å². The molecule has 2 aliphatic heterocycles. The summed E-state index contributed by atoms with van der Waals surface area (Å²) < 4.78 is 29.6. The number of morpholine rings is 1. The minimum atomic E-state index is -2.93. The molecule has 0 aromatic rings. The molecule has 0 radical (unpaired) electrons. The SMILES string of the molecule is CS(=O)(=O)C1CCCCC1NCCN1CC2CCC(C1)O2. The van der Waals surface area contributed by atoms with Crippen LogP contribution >= 0.6 is 0 Å². The van der Waals surface area contributed by atoms with Crippen molar-refractivity contribution in [2.45, 2.75) is 62.0 Å². The van der Waals surface area contributed by atoms with E-state index in [9.17, 15) is 8.42 Å². The van der Waals surface area contributed by atoms with E-state index in [0.29, 0.717) is 12.2 Å². The van der Waals surface area contributed by atoms with E-state index >= 15 is 0 Å². The van der Waals surface area contributed by atoms with Gasteiger partial charge in [-0.25, -0.2) is 8.42 Å². The molecule has 6 heteroatoms. The van der Waals surface area contributed by atoms with Gasteiger partial charge in [0, 0.05) is 38.5 Å². The summed E-state index contributed by atoms with van der Waals surface area (Å²) in [7, 11) is -2.93. The highest BCUT2D eigenvalue weighted by atomic mass is 32.2. The molecule has 0 spiro atoms. The lowest BCUT2D eigenvalue weighted by Crippen LogP contribution is -2.50. The van der Waals surface area contributed by atoms with Gasteiger partial charge < -0.3 is 10.1 Å². The van der Waals surface area contributed by atoms with Gasteiger partial charge in [-0.05, 0) is 25.7 Å². The highest BCUT2D eigenvalue weighted by Gasteiger charge is 2.34. The van der Waals surface area contributed by atoms with Crippen LogP contribution in [0.1, 0.15) is 38.5 Å². The molecule has 1 N–H and O–H groups in total. The summed E-state index contributed by atoms with van der Waals surface area (Å²) in [4.78, 5) is 2.47. The van der Waals surface area contributed by atoms with Crippen molar-refractivity contribution in [2.24, 2.45) is 0 Å². The van der Waals surface area contributed by atoms with Crippen molar-refractivity contribution in [3.05, 3.63) is 0 Å². The van der Waals surface area contributed by atoms with Crippen LogP contribution in [0, 0.1) is 0 Å². The van der Waals surface area contributed by atoms with Crippen molar-refractivity contribution in [1.82, 2.24) is 10.2 Å². The minimum Gasteiger partial charge on any atom is -0.372 e. The van der Waals surface area contributed by atoms with Gasteiger partial charge in [0.25, 0.3) is 0 Å². The van der Waals surface area contributed by atoms with Gasteiger partial charge in [0.15, 0.2) is 9.84 Å². The standard InChI is InChI=1S/C15H28N2O3S/c1-21(18,19)15-5-3-2-4-14(15)16-8-9-17-10-12-6-7-13(11-17)20-12/h12-16H,2-11H2,1H3. The quantitative estimate of drug-likeness (QED) is 0.813. The molecule has 4 atom stereocenters. The third-order valence-corrected chi connectivity index (χ3v) is 6.87. The molecule has 5 nitrogen and oxygen atoms in total. The van der Waals surface area contributed by atoms with Crippen LogP contribution in [0.5, 0.6) is 0 Å². The third kappa shape index (κ3) is 3.97. The zero-order valence-corrected chi connectivity index (χ0v) is 13.8. The smallest absolute Gasteiger partial charge is 0.151 e. The first-order chi connectivity index (χ1) is 10.0. The Morgan fingerprint density at radius 2 is 1.76 bits per heavy atom. The lowest BCUT2D eigenvalue weighted by molar-refractivity contribution is -0.0378. The zero-order valence-electron chi connectivity index (χ0n) is 13.0. The highest BCUT2D eigenvalue weighted by Crippen LogP contribution is 2.26. The molecule has 0 aromatic carbocycles. The summed E-state index contributed by atoms with van der Waals surface area (Å²) in [5, 5.41) is 3.33. The fourth-order valence-electron chi connectivity index (χ4n) is 4.13. The first-order valence-electron chi connectivity index (χ1n) is 8.32. The summed E-state index contributed by atoms with van der Waals surface area (Å²) in [5.74, 6) is 0. The fraction of sp³-hybridized carbons (Fsp3) is 1.00. The molecule has 0 aromatic heterocycles. The van der Waals surface area contributed by atoms with Crippen molar-refractivity contribution in [3.8, 4) is 0 Å². The molecule has 1 saturated carbocycles. The van der Waals surface area contributed by atoms with E-state index in [1.165, 1.54) is 19.1 Å². The van der Waals surface area contributed by atoms with Crippen LogP contribution in [-0.2, 0) is 14.6 Å². The number of hydrogen-bond acceptors (Lipinski definition) is 5. The number of rotatable bonds is 5. The van der Waals surface area contributed by atoms with Gasteiger partial charge in [-0.1, -0.05) is 12.8 Å². The van der Waals surface area contributed by atoms with E-state index in [-0.39, 0.29) is 11.3 Å². The number of ether oxygens (including phenoxy) is 1. The summed E-state index contributed by atoms with van der Waals surface area (Å²) in [6, 6.07) is 0.145. The molecule has 3 aliphatic rings. The Hall–Kier alpha value is -0.170. The van der Waals surface area contributed by atoms with Gasteiger partial charge in [0.2, 0.25) is 0 Å². The maximum atomic E-state index is 11.9. The number of nitrogens with one attached hydrogen (secondary N) is 1. The largest absolute Gasteiger partial charge is 0.372 e. The molecule has 122 valence electrons. The summed E-state index contributed by atoms with van der Waals surface area (Å²) in [6.07, 6.45) is 8.65. The fourth-order valence-corrected chi connectivity index (χ4v) is 5.56. The predicted molar refractivity (Wildman–Crippen MR) is 83.2 cm³/mol. The van der Waals surface area contributed by atoms with Crippen LogP contribution in [0.3, 0.4) is 0 Å².